The molecule has 1 heterocycles. The standard InChI is InChI=1S/C7H9BrN2S/c1-5(10-9-2)6-3-4-7(8)11-6/h3-4,9H,1-2H3/b10-5+. The van der Waals surface area contributed by atoms with Gasteiger partial charge in [-0.05, 0) is 35.0 Å². The lowest BCUT2D eigenvalue weighted by Crippen LogP contribution is -2.00. The second-order valence-electron chi connectivity index (χ2n) is 2.02. The predicted octanol–water partition coefficient (Wildman–Crippen LogP) is 2.45. The Kier molecular flexibility index (Phi) is 3.08. The van der Waals surface area contributed by atoms with Gasteiger partial charge in [-0.2, -0.15) is 5.10 Å². The second-order valence-corrected chi connectivity index (χ2v) is 4.49. The number of thiophene rings is 1. The molecule has 2 nitrogen and oxygen atoms in total. The van der Waals surface area contributed by atoms with Gasteiger partial charge in [0, 0.05) is 7.05 Å². The summed E-state index contributed by atoms with van der Waals surface area (Å²) >= 11 is 5.08. The summed E-state index contributed by atoms with van der Waals surface area (Å²) in [4.78, 5) is 1.19. The molecule has 1 aromatic rings. The van der Waals surface area contributed by atoms with Gasteiger partial charge in [-0.1, -0.05) is 0 Å². The summed E-state index contributed by atoms with van der Waals surface area (Å²) in [6.07, 6.45) is 0. The Hall–Kier alpha value is -0.350. The summed E-state index contributed by atoms with van der Waals surface area (Å²) in [5, 5.41) is 4.06. The number of hydrazone groups is 1. The number of rotatable bonds is 2. The molecule has 0 atom stereocenters. The van der Waals surface area contributed by atoms with Crippen molar-refractivity contribution < 1.29 is 0 Å². The van der Waals surface area contributed by atoms with Crippen LogP contribution in [0.2, 0.25) is 0 Å². The van der Waals surface area contributed by atoms with Crippen LogP contribution in [0.1, 0.15) is 11.8 Å². The molecule has 0 unspecified atom stereocenters. The lowest BCUT2D eigenvalue weighted by atomic mass is 10.3. The van der Waals surface area contributed by atoms with Gasteiger partial charge in [0.2, 0.25) is 0 Å². The molecule has 0 saturated heterocycles. The fourth-order valence-electron chi connectivity index (χ4n) is 0.732. The average Bonchev–Trinajstić information content (AvgIpc) is 2.36. The topological polar surface area (TPSA) is 24.4 Å². The molecule has 0 amide bonds. The maximum absolute atomic E-state index is 4.06. The van der Waals surface area contributed by atoms with Gasteiger partial charge in [0.1, 0.15) is 0 Å². The zero-order chi connectivity index (χ0) is 8.27. The first-order valence-corrected chi connectivity index (χ1v) is 4.81. The largest absolute Gasteiger partial charge is 0.313 e. The van der Waals surface area contributed by atoms with Crippen LogP contribution in [0.15, 0.2) is 21.0 Å². The van der Waals surface area contributed by atoms with Gasteiger partial charge in [-0.25, -0.2) is 0 Å². The molecule has 0 aliphatic carbocycles. The van der Waals surface area contributed by atoms with E-state index in [1.54, 1.807) is 18.4 Å². The van der Waals surface area contributed by atoms with Crippen molar-refractivity contribution in [3.05, 3.63) is 20.8 Å². The van der Waals surface area contributed by atoms with Crippen LogP contribution in [0.5, 0.6) is 0 Å². The molecule has 0 bridgehead atoms. The van der Waals surface area contributed by atoms with Gasteiger partial charge in [0.05, 0.1) is 14.4 Å². The minimum atomic E-state index is 1.02. The van der Waals surface area contributed by atoms with Crippen LogP contribution in [-0.2, 0) is 0 Å². The summed E-state index contributed by atoms with van der Waals surface area (Å²) in [6.45, 7) is 1.98. The van der Waals surface area contributed by atoms with E-state index >= 15 is 0 Å². The van der Waals surface area contributed by atoms with Crippen molar-refractivity contribution in [1.82, 2.24) is 5.43 Å². The molecule has 1 rings (SSSR count). The van der Waals surface area contributed by atoms with Crippen molar-refractivity contribution in [2.45, 2.75) is 6.92 Å². The van der Waals surface area contributed by atoms with Crippen LogP contribution in [0, 0.1) is 0 Å². The van der Waals surface area contributed by atoms with Crippen molar-refractivity contribution in [2.24, 2.45) is 5.10 Å². The zero-order valence-corrected chi connectivity index (χ0v) is 8.79. The quantitative estimate of drug-likeness (QED) is 0.615. The SMILES string of the molecule is CN/N=C(\C)c1ccc(Br)s1. The van der Waals surface area contributed by atoms with Gasteiger partial charge in [0.15, 0.2) is 0 Å². The molecule has 0 aromatic carbocycles. The Morgan fingerprint density at radius 1 is 1.64 bits per heavy atom. The fourth-order valence-corrected chi connectivity index (χ4v) is 2.06. The smallest absolute Gasteiger partial charge is 0.0744 e. The van der Waals surface area contributed by atoms with Crippen molar-refractivity contribution in [3.63, 3.8) is 0 Å². The van der Waals surface area contributed by atoms with Crippen LogP contribution in [0.25, 0.3) is 0 Å². The van der Waals surface area contributed by atoms with Crippen LogP contribution in [0.3, 0.4) is 0 Å². The second kappa shape index (κ2) is 3.88. The highest BCUT2D eigenvalue weighted by molar-refractivity contribution is 9.11. The van der Waals surface area contributed by atoms with Crippen LogP contribution in [0.4, 0.5) is 0 Å². The third-order valence-electron chi connectivity index (χ3n) is 1.21. The maximum atomic E-state index is 4.06. The molecular weight excluding hydrogens is 224 g/mol. The molecule has 0 fully saturated rings. The Labute approximate surface area is 78.4 Å². The minimum Gasteiger partial charge on any atom is -0.313 e. The van der Waals surface area contributed by atoms with E-state index in [1.165, 1.54) is 4.88 Å². The number of nitrogens with zero attached hydrogens (tertiary/aromatic N) is 1. The first-order valence-electron chi connectivity index (χ1n) is 3.21. The Morgan fingerprint density at radius 2 is 2.36 bits per heavy atom. The molecule has 0 saturated carbocycles. The van der Waals surface area contributed by atoms with E-state index in [9.17, 15) is 0 Å². The molecule has 0 spiro atoms. The number of hydrogen-bond donors (Lipinski definition) is 1. The fraction of sp³-hybridized carbons (Fsp3) is 0.286. The maximum Gasteiger partial charge on any atom is 0.0744 e. The molecule has 0 radical (unpaired) electrons. The average molecular weight is 233 g/mol. The summed E-state index contributed by atoms with van der Waals surface area (Å²) < 4.78 is 1.14. The van der Waals surface area contributed by atoms with Crippen LogP contribution in [-0.4, -0.2) is 12.8 Å². The third-order valence-corrected chi connectivity index (χ3v) is 2.94. The predicted molar refractivity (Wildman–Crippen MR) is 53.3 cm³/mol. The van der Waals surface area contributed by atoms with Crippen molar-refractivity contribution in [1.29, 1.82) is 0 Å². The summed E-state index contributed by atoms with van der Waals surface area (Å²) in [5.74, 6) is 0. The van der Waals surface area contributed by atoms with Crippen molar-refractivity contribution >= 4 is 33.0 Å². The van der Waals surface area contributed by atoms with E-state index in [0.717, 1.165) is 9.50 Å². The lowest BCUT2D eigenvalue weighted by molar-refractivity contribution is 0.900. The third kappa shape index (κ3) is 2.31. The number of nitrogens with one attached hydrogen (secondary N) is 1. The highest BCUT2D eigenvalue weighted by Crippen LogP contribution is 2.22. The Balaban J connectivity index is 2.84. The molecule has 0 aliphatic rings. The molecule has 1 N–H and O–H groups in total. The molecular formula is C7H9BrN2S. The van der Waals surface area contributed by atoms with Crippen molar-refractivity contribution in [3.8, 4) is 0 Å². The van der Waals surface area contributed by atoms with E-state index < -0.39 is 0 Å². The van der Waals surface area contributed by atoms with Gasteiger partial charge in [0.25, 0.3) is 0 Å². The Bertz CT molecular complexity index is 267. The molecule has 11 heavy (non-hydrogen) atoms. The normalized spacial score (nSPS) is 11.7. The van der Waals surface area contributed by atoms with E-state index in [0.29, 0.717) is 0 Å². The molecule has 0 aliphatic heterocycles. The summed E-state index contributed by atoms with van der Waals surface area (Å²) in [5.41, 5.74) is 3.77. The van der Waals surface area contributed by atoms with Gasteiger partial charge in [-0.15, -0.1) is 11.3 Å². The summed E-state index contributed by atoms with van der Waals surface area (Å²) in [6, 6.07) is 4.07. The monoisotopic (exact) mass is 232 g/mol. The lowest BCUT2D eigenvalue weighted by Gasteiger charge is -1.93. The van der Waals surface area contributed by atoms with Crippen LogP contribution >= 0.6 is 27.3 Å². The number of hydrogen-bond acceptors (Lipinski definition) is 3. The van der Waals surface area contributed by atoms with E-state index in [1.807, 2.05) is 19.1 Å². The first kappa shape index (κ1) is 8.74. The van der Waals surface area contributed by atoms with E-state index in [-0.39, 0.29) is 0 Å². The first-order chi connectivity index (χ1) is 5.24. The van der Waals surface area contributed by atoms with E-state index in [2.05, 4.69) is 26.5 Å². The summed E-state index contributed by atoms with van der Waals surface area (Å²) in [7, 11) is 1.80. The van der Waals surface area contributed by atoms with Gasteiger partial charge >= 0.3 is 0 Å². The van der Waals surface area contributed by atoms with Crippen LogP contribution < -0.4 is 5.43 Å². The Morgan fingerprint density at radius 3 is 2.82 bits per heavy atom. The number of halogens is 1. The molecule has 4 heteroatoms. The van der Waals surface area contributed by atoms with E-state index in [4.69, 9.17) is 0 Å². The molecule has 1 aromatic heterocycles. The highest BCUT2D eigenvalue weighted by Gasteiger charge is 1.99. The zero-order valence-electron chi connectivity index (χ0n) is 6.39. The van der Waals surface area contributed by atoms with Gasteiger partial charge in [-0.3, -0.25) is 0 Å². The van der Waals surface area contributed by atoms with Crippen molar-refractivity contribution in [2.75, 3.05) is 7.05 Å². The minimum absolute atomic E-state index is 1.02. The van der Waals surface area contributed by atoms with Gasteiger partial charge < -0.3 is 5.43 Å². The molecule has 60 valence electrons. The highest BCUT2D eigenvalue weighted by atomic mass is 79.9.